The van der Waals surface area contributed by atoms with Crippen molar-refractivity contribution in [3.63, 3.8) is 0 Å². The number of carbonyl (C=O) groups is 3. The minimum Gasteiger partial charge on any atom is -0.494 e. The fraction of sp³-hybridized carbons (Fsp3) is 0.375. The Labute approximate surface area is 183 Å². The van der Waals surface area contributed by atoms with Gasteiger partial charge in [-0.25, -0.2) is 4.79 Å². The number of anilines is 1. The summed E-state index contributed by atoms with van der Waals surface area (Å²) in [5, 5.41) is 5.42. The summed E-state index contributed by atoms with van der Waals surface area (Å²) < 4.78 is 10.7. The highest BCUT2D eigenvalue weighted by Gasteiger charge is 2.29. The van der Waals surface area contributed by atoms with E-state index in [1.807, 2.05) is 37.3 Å². The lowest BCUT2D eigenvalue weighted by Gasteiger charge is -2.23. The van der Waals surface area contributed by atoms with E-state index in [-0.39, 0.29) is 18.2 Å². The predicted octanol–water partition coefficient (Wildman–Crippen LogP) is 3.34. The standard InChI is InChI=1S/C24H30N2O5/c1-5-30-20-13-11-19(12-14-20)25-23(28)17(4)31-24(29)22(16(2)3)26-21(27)15-18-9-7-6-8-10-18/h6-14,16-17,22H,5,15H2,1-4H3,(H,25,28)(H,26,27)/t17-,22-/m0/s1. The maximum absolute atomic E-state index is 12.6. The van der Waals surface area contributed by atoms with Gasteiger partial charge in [0, 0.05) is 5.69 Å². The normalized spacial score (nSPS) is 12.5. The van der Waals surface area contributed by atoms with Gasteiger partial charge in [0.05, 0.1) is 13.0 Å². The minimum atomic E-state index is -1.02. The van der Waals surface area contributed by atoms with Gasteiger partial charge in [-0.2, -0.15) is 0 Å². The van der Waals surface area contributed by atoms with Crippen LogP contribution in [-0.2, 0) is 25.5 Å². The molecule has 31 heavy (non-hydrogen) atoms. The average molecular weight is 427 g/mol. The summed E-state index contributed by atoms with van der Waals surface area (Å²) in [6, 6.07) is 15.3. The minimum absolute atomic E-state index is 0.158. The molecule has 0 unspecified atom stereocenters. The highest BCUT2D eigenvalue weighted by atomic mass is 16.5. The molecule has 7 nitrogen and oxygen atoms in total. The van der Waals surface area contributed by atoms with Gasteiger partial charge in [-0.15, -0.1) is 0 Å². The van der Waals surface area contributed by atoms with Crippen LogP contribution in [0.3, 0.4) is 0 Å². The topological polar surface area (TPSA) is 93.7 Å². The van der Waals surface area contributed by atoms with E-state index in [9.17, 15) is 14.4 Å². The second-order valence-corrected chi connectivity index (χ2v) is 7.48. The van der Waals surface area contributed by atoms with Crippen LogP contribution in [0.5, 0.6) is 5.75 Å². The maximum Gasteiger partial charge on any atom is 0.329 e. The molecule has 0 fully saturated rings. The smallest absolute Gasteiger partial charge is 0.329 e. The van der Waals surface area contributed by atoms with Gasteiger partial charge in [-0.05, 0) is 49.6 Å². The lowest BCUT2D eigenvalue weighted by molar-refractivity contribution is -0.157. The summed E-state index contributed by atoms with van der Waals surface area (Å²) in [4.78, 5) is 37.4. The Morgan fingerprint density at radius 2 is 1.58 bits per heavy atom. The van der Waals surface area contributed by atoms with E-state index in [0.717, 1.165) is 5.56 Å². The molecule has 2 amide bonds. The number of ether oxygens (including phenoxy) is 2. The molecule has 0 bridgehead atoms. The number of hydrogen-bond donors (Lipinski definition) is 2. The Hall–Kier alpha value is -3.35. The van der Waals surface area contributed by atoms with Crippen molar-refractivity contribution in [3.8, 4) is 5.75 Å². The van der Waals surface area contributed by atoms with Crippen molar-refractivity contribution in [2.75, 3.05) is 11.9 Å². The molecule has 166 valence electrons. The molecule has 0 aromatic heterocycles. The van der Waals surface area contributed by atoms with Crippen molar-refractivity contribution in [3.05, 3.63) is 60.2 Å². The first-order valence-electron chi connectivity index (χ1n) is 10.4. The van der Waals surface area contributed by atoms with Crippen molar-refractivity contribution in [1.82, 2.24) is 5.32 Å². The predicted molar refractivity (Wildman–Crippen MR) is 119 cm³/mol. The molecule has 2 rings (SSSR count). The van der Waals surface area contributed by atoms with Crippen LogP contribution in [0.25, 0.3) is 0 Å². The van der Waals surface area contributed by atoms with Gasteiger partial charge in [0.1, 0.15) is 11.8 Å². The maximum atomic E-state index is 12.6. The molecule has 2 aromatic carbocycles. The Kier molecular flexibility index (Phi) is 9.06. The second kappa shape index (κ2) is 11.7. The summed E-state index contributed by atoms with van der Waals surface area (Å²) >= 11 is 0. The fourth-order valence-corrected chi connectivity index (χ4v) is 2.85. The van der Waals surface area contributed by atoms with E-state index in [0.29, 0.717) is 18.0 Å². The Bertz CT molecular complexity index is 865. The molecular weight excluding hydrogens is 396 g/mol. The van der Waals surface area contributed by atoms with E-state index in [1.54, 1.807) is 38.1 Å². The van der Waals surface area contributed by atoms with Gasteiger partial charge >= 0.3 is 5.97 Å². The van der Waals surface area contributed by atoms with E-state index in [2.05, 4.69) is 10.6 Å². The van der Waals surface area contributed by atoms with Crippen LogP contribution in [0.4, 0.5) is 5.69 Å². The number of amides is 2. The zero-order chi connectivity index (χ0) is 22.8. The van der Waals surface area contributed by atoms with Gasteiger partial charge in [-0.3, -0.25) is 9.59 Å². The van der Waals surface area contributed by atoms with Gasteiger partial charge < -0.3 is 20.1 Å². The van der Waals surface area contributed by atoms with Crippen LogP contribution >= 0.6 is 0 Å². The van der Waals surface area contributed by atoms with Crippen LogP contribution in [0.2, 0.25) is 0 Å². The summed E-state index contributed by atoms with van der Waals surface area (Å²) in [5.74, 6) is -0.894. The first-order valence-corrected chi connectivity index (χ1v) is 10.4. The highest BCUT2D eigenvalue weighted by molar-refractivity contribution is 5.95. The quantitative estimate of drug-likeness (QED) is 0.569. The van der Waals surface area contributed by atoms with Gasteiger partial charge in [0.25, 0.3) is 5.91 Å². The van der Waals surface area contributed by atoms with Crippen molar-refractivity contribution < 1.29 is 23.9 Å². The van der Waals surface area contributed by atoms with Crippen LogP contribution in [0, 0.1) is 5.92 Å². The fourth-order valence-electron chi connectivity index (χ4n) is 2.85. The molecule has 0 aliphatic heterocycles. The Morgan fingerprint density at radius 1 is 0.935 bits per heavy atom. The number of benzene rings is 2. The Morgan fingerprint density at radius 3 is 2.16 bits per heavy atom. The van der Waals surface area contributed by atoms with Crippen LogP contribution in [0.1, 0.15) is 33.3 Å². The van der Waals surface area contributed by atoms with Crippen LogP contribution in [-0.4, -0.2) is 36.5 Å². The summed E-state index contributed by atoms with van der Waals surface area (Å²) in [6.07, 6.45) is -0.864. The number of hydrogen-bond acceptors (Lipinski definition) is 5. The number of carbonyl (C=O) groups excluding carboxylic acids is 3. The summed E-state index contributed by atoms with van der Waals surface area (Å²) in [6.45, 7) is 7.54. The van der Waals surface area contributed by atoms with Crippen LogP contribution in [0.15, 0.2) is 54.6 Å². The second-order valence-electron chi connectivity index (χ2n) is 7.48. The SMILES string of the molecule is CCOc1ccc(NC(=O)[C@H](C)OC(=O)[C@@H](NC(=O)Cc2ccccc2)C(C)C)cc1. The van der Waals surface area contributed by atoms with E-state index < -0.39 is 24.0 Å². The number of rotatable bonds is 10. The van der Waals surface area contributed by atoms with Gasteiger partial charge in [-0.1, -0.05) is 44.2 Å². The van der Waals surface area contributed by atoms with E-state index >= 15 is 0 Å². The molecule has 7 heteroatoms. The number of esters is 1. The molecule has 2 aromatic rings. The first-order chi connectivity index (χ1) is 14.8. The third-order valence-corrected chi connectivity index (χ3v) is 4.54. The molecule has 2 atom stereocenters. The van der Waals surface area contributed by atoms with Crippen molar-refractivity contribution in [2.24, 2.45) is 5.92 Å². The summed E-state index contributed by atoms with van der Waals surface area (Å²) in [7, 11) is 0. The molecule has 0 saturated carbocycles. The zero-order valence-electron chi connectivity index (χ0n) is 18.4. The molecule has 0 spiro atoms. The van der Waals surface area contributed by atoms with Crippen molar-refractivity contribution >= 4 is 23.5 Å². The van der Waals surface area contributed by atoms with E-state index in [1.165, 1.54) is 6.92 Å². The Balaban J connectivity index is 1.91. The molecule has 0 aliphatic carbocycles. The molecule has 0 radical (unpaired) electrons. The number of nitrogens with one attached hydrogen (secondary N) is 2. The monoisotopic (exact) mass is 426 g/mol. The molecular formula is C24H30N2O5. The van der Waals surface area contributed by atoms with Gasteiger partial charge in [0.2, 0.25) is 5.91 Å². The van der Waals surface area contributed by atoms with Crippen molar-refractivity contribution in [2.45, 2.75) is 46.3 Å². The molecule has 0 aliphatic rings. The molecule has 0 heterocycles. The first kappa shape index (κ1) is 23.9. The van der Waals surface area contributed by atoms with Crippen LogP contribution < -0.4 is 15.4 Å². The van der Waals surface area contributed by atoms with Gasteiger partial charge in [0.15, 0.2) is 6.10 Å². The lowest BCUT2D eigenvalue weighted by atomic mass is 10.0. The lowest BCUT2D eigenvalue weighted by Crippen LogP contribution is -2.47. The third kappa shape index (κ3) is 7.77. The third-order valence-electron chi connectivity index (χ3n) is 4.54. The van der Waals surface area contributed by atoms with Crippen molar-refractivity contribution in [1.29, 1.82) is 0 Å². The highest BCUT2D eigenvalue weighted by Crippen LogP contribution is 2.16. The average Bonchev–Trinajstić information content (AvgIpc) is 2.74. The molecule has 2 N–H and O–H groups in total. The largest absolute Gasteiger partial charge is 0.494 e. The molecule has 0 saturated heterocycles. The summed E-state index contributed by atoms with van der Waals surface area (Å²) in [5.41, 5.74) is 1.41. The van der Waals surface area contributed by atoms with E-state index in [4.69, 9.17) is 9.47 Å². The zero-order valence-corrected chi connectivity index (χ0v) is 18.4.